The molecule has 0 aliphatic carbocycles. The molecular formula is C11H16Br2N2. The molecule has 0 bridgehead atoms. The number of nitrogens with one attached hydrogen (secondary N) is 1. The molecule has 2 nitrogen and oxygen atoms in total. The lowest BCUT2D eigenvalue weighted by atomic mass is 10.2. The fourth-order valence-corrected chi connectivity index (χ4v) is 2.11. The molecular weight excluding hydrogens is 320 g/mol. The van der Waals surface area contributed by atoms with Gasteiger partial charge in [0.1, 0.15) is 0 Å². The molecule has 1 atom stereocenters. The fraction of sp³-hybridized carbons (Fsp3) is 0.455. The molecule has 0 saturated heterocycles. The zero-order valence-electron chi connectivity index (χ0n) is 8.76. The van der Waals surface area contributed by atoms with Crippen molar-refractivity contribution in [1.29, 1.82) is 0 Å². The normalized spacial score (nSPS) is 12.8. The second-order valence-electron chi connectivity index (χ2n) is 3.60. The topological polar surface area (TPSA) is 38.0 Å². The first-order chi connectivity index (χ1) is 7.13. The lowest BCUT2D eigenvalue weighted by Gasteiger charge is -2.13. The minimum Gasteiger partial charge on any atom is -0.330 e. The Kier molecular flexibility index (Phi) is 5.82. The van der Waals surface area contributed by atoms with E-state index in [0.29, 0.717) is 6.04 Å². The van der Waals surface area contributed by atoms with Gasteiger partial charge in [-0.1, -0.05) is 31.9 Å². The maximum Gasteiger partial charge on any atom is 0.0221 e. The van der Waals surface area contributed by atoms with Crippen molar-refractivity contribution in [2.45, 2.75) is 25.9 Å². The zero-order chi connectivity index (χ0) is 11.3. The first-order valence-electron chi connectivity index (χ1n) is 5.01. The summed E-state index contributed by atoms with van der Waals surface area (Å²) in [6.07, 6.45) is 1.01. The number of nitrogens with two attached hydrogens (primary N) is 1. The maximum absolute atomic E-state index is 5.50. The number of halogens is 2. The summed E-state index contributed by atoms with van der Waals surface area (Å²) in [5.41, 5.74) is 6.75. The van der Waals surface area contributed by atoms with Gasteiger partial charge in [-0.05, 0) is 43.7 Å². The molecule has 3 N–H and O–H groups in total. The number of benzene rings is 1. The molecule has 1 aromatic rings. The minimum absolute atomic E-state index is 0.459. The van der Waals surface area contributed by atoms with Crippen LogP contribution in [0, 0.1) is 0 Å². The fourth-order valence-electron chi connectivity index (χ4n) is 1.32. The highest BCUT2D eigenvalue weighted by molar-refractivity contribution is 9.11. The van der Waals surface area contributed by atoms with E-state index in [-0.39, 0.29) is 0 Å². The van der Waals surface area contributed by atoms with E-state index in [1.54, 1.807) is 0 Å². The highest BCUT2D eigenvalue weighted by Crippen LogP contribution is 2.21. The van der Waals surface area contributed by atoms with Crippen LogP contribution in [-0.4, -0.2) is 12.6 Å². The van der Waals surface area contributed by atoms with Gasteiger partial charge in [-0.2, -0.15) is 0 Å². The van der Waals surface area contributed by atoms with Crippen LogP contribution in [0.2, 0.25) is 0 Å². The van der Waals surface area contributed by atoms with E-state index in [1.807, 2.05) is 6.07 Å². The summed E-state index contributed by atoms with van der Waals surface area (Å²) in [6.45, 7) is 3.74. The third-order valence-electron chi connectivity index (χ3n) is 2.25. The molecule has 0 spiro atoms. The van der Waals surface area contributed by atoms with Gasteiger partial charge in [-0.3, -0.25) is 0 Å². The van der Waals surface area contributed by atoms with Crippen molar-refractivity contribution in [2.24, 2.45) is 5.73 Å². The van der Waals surface area contributed by atoms with Gasteiger partial charge in [0.15, 0.2) is 0 Å². The Labute approximate surface area is 108 Å². The molecule has 0 aliphatic rings. The molecule has 0 heterocycles. The lowest BCUT2D eigenvalue weighted by molar-refractivity contribution is 0.519. The van der Waals surface area contributed by atoms with Crippen molar-refractivity contribution < 1.29 is 0 Å². The molecule has 4 heteroatoms. The third-order valence-corrected chi connectivity index (χ3v) is 3.52. The molecule has 0 saturated carbocycles. The van der Waals surface area contributed by atoms with Crippen LogP contribution in [0.3, 0.4) is 0 Å². The van der Waals surface area contributed by atoms with E-state index in [4.69, 9.17) is 5.73 Å². The van der Waals surface area contributed by atoms with Crippen LogP contribution < -0.4 is 11.1 Å². The van der Waals surface area contributed by atoms with E-state index in [2.05, 4.69) is 56.2 Å². The average molecular weight is 336 g/mol. The number of hydrogen-bond acceptors (Lipinski definition) is 2. The van der Waals surface area contributed by atoms with Crippen LogP contribution in [0.1, 0.15) is 18.9 Å². The average Bonchev–Trinajstić information content (AvgIpc) is 2.20. The van der Waals surface area contributed by atoms with E-state index < -0.39 is 0 Å². The quantitative estimate of drug-likeness (QED) is 0.868. The summed E-state index contributed by atoms with van der Waals surface area (Å²) >= 11 is 7.00. The van der Waals surface area contributed by atoms with Gasteiger partial charge in [0.25, 0.3) is 0 Å². The highest BCUT2D eigenvalue weighted by Gasteiger charge is 2.03. The van der Waals surface area contributed by atoms with Crippen molar-refractivity contribution in [1.82, 2.24) is 5.32 Å². The number of hydrogen-bond donors (Lipinski definition) is 2. The molecule has 1 aromatic carbocycles. The van der Waals surface area contributed by atoms with Crippen molar-refractivity contribution in [2.75, 3.05) is 6.54 Å². The Bertz CT molecular complexity index is 315. The van der Waals surface area contributed by atoms with Crippen LogP contribution in [0.25, 0.3) is 0 Å². The van der Waals surface area contributed by atoms with E-state index in [0.717, 1.165) is 28.5 Å². The van der Waals surface area contributed by atoms with Gasteiger partial charge in [-0.25, -0.2) is 0 Å². The molecule has 0 fully saturated rings. The third kappa shape index (κ3) is 4.64. The summed E-state index contributed by atoms with van der Waals surface area (Å²) in [7, 11) is 0. The van der Waals surface area contributed by atoms with E-state index in [9.17, 15) is 0 Å². The first-order valence-corrected chi connectivity index (χ1v) is 6.59. The summed E-state index contributed by atoms with van der Waals surface area (Å²) in [5, 5.41) is 3.44. The summed E-state index contributed by atoms with van der Waals surface area (Å²) in [6, 6.07) is 6.65. The zero-order valence-corrected chi connectivity index (χ0v) is 11.9. The predicted molar refractivity (Wildman–Crippen MR) is 71.8 cm³/mol. The molecule has 0 amide bonds. The molecule has 0 aliphatic heterocycles. The van der Waals surface area contributed by atoms with Crippen molar-refractivity contribution in [3.05, 3.63) is 32.7 Å². The standard InChI is InChI=1S/C11H16Br2N2/c1-8(4-5-14)15-7-9-6-10(12)2-3-11(9)13/h2-3,6,8,15H,4-5,7,14H2,1H3. The summed E-state index contributed by atoms with van der Waals surface area (Å²) in [5.74, 6) is 0. The van der Waals surface area contributed by atoms with E-state index in [1.165, 1.54) is 5.56 Å². The van der Waals surface area contributed by atoms with Crippen molar-refractivity contribution in [3.8, 4) is 0 Å². The van der Waals surface area contributed by atoms with Crippen molar-refractivity contribution >= 4 is 31.9 Å². The summed E-state index contributed by atoms with van der Waals surface area (Å²) < 4.78 is 2.24. The van der Waals surface area contributed by atoms with Crippen molar-refractivity contribution in [3.63, 3.8) is 0 Å². The lowest BCUT2D eigenvalue weighted by Crippen LogP contribution is -2.27. The molecule has 0 aromatic heterocycles. The predicted octanol–water partition coefficient (Wildman–Crippen LogP) is 3.04. The smallest absolute Gasteiger partial charge is 0.0221 e. The minimum atomic E-state index is 0.459. The molecule has 84 valence electrons. The van der Waals surface area contributed by atoms with Crippen LogP contribution >= 0.6 is 31.9 Å². The Morgan fingerprint density at radius 2 is 2.13 bits per heavy atom. The first kappa shape index (κ1) is 13.2. The second kappa shape index (κ2) is 6.63. The van der Waals surface area contributed by atoms with Gasteiger partial charge < -0.3 is 11.1 Å². The van der Waals surface area contributed by atoms with Crippen LogP contribution in [0.5, 0.6) is 0 Å². The van der Waals surface area contributed by atoms with Crippen LogP contribution in [0.4, 0.5) is 0 Å². The molecule has 0 radical (unpaired) electrons. The largest absolute Gasteiger partial charge is 0.330 e. The molecule has 15 heavy (non-hydrogen) atoms. The SMILES string of the molecule is CC(CCN)NCc1cc(Br)ccc1Br. The Morgan fingerprint density at radius 3 is 2.80 bits per heavy atom. The van der Waals surface area contributed by atoms with Gasteiger partial charge >= 0.3 is 0 Å². The Morgan fingerprint density at radius 1 is 1.40 bits per heavy atom. The second-order valence-corrected chi connectivity index (χ2v) is 5.37. The number of rotatable bonds is 5. The monoisotopic (exact) mass is 334 g/mol. The Balaban J connectivity index is 2.53. The molecule has 1 rings (SSSR count). The Hall–Kier alpha value is 0.1000. The molecule has 1 unspecified atom stereocenters. The summed E-state index contributed by atoms with van der Waals surface area (Å²) in [4.78, 5) is 0. The van der Waals surface area contributed by atoms with Crippen LogP contribution in [-0.2, 0) is 6.54 Å². The van der Waals surface area contributed by atoms with Crippen LogP contribution in [0.15, 0.2) is 27.1 Å². The van der Waals surface area contributed by atoms with Gasteiger partial charge in [-0.15, -0.1) is 0 Å². The van der Waals surface area contributed by atoms with Gasteiger partial charge in [0.2, 0.25) is 0 Å². The van der Waals surface area contributed by atoms with E-state index >= 15 is 0 Å². The van der Waals surface area contributed by atoms with Gasteiger partial charge in [0.05, 0.1) is 0 Å². The maximum atomic E-state index is 5.50. The highest BCUT2D eigenvalue weighted by atomic mass is 79.9. The van der Waals surface area contributed by atoms with Gasteiger partial charge in [0, 0.05) is 21.5 Å².